The lowest BCUT2D eigenvalue weighted by atomic mass is 9.90. The van der Waals surface area contributed by atoms with Gasteiger partial charge in [0.1, 0.15) is 12.0 Å². The van der Waals surface area contributed by atoms with Gasteiger partial charge in [0.2, 0.25) is 5.91 Å². The minimum Gasteiger partial charge on any atom is -0.327 e. The van der Waals surface area contributed by atoms with Crippen LogP contribution in [-0.4, -0.2) is 35.6 Å². The molecule has 0 saturated carbocycles. The Balaban J connectivity index is 1.67. The number of nitrogens with zero attached hydrogens (tertiary/aromatic N) is 1. The number of carbonyl (C=O) groups excluding carboxylic acids is 1. The maximum atomic E-state index is 14.5. The Kier molecular flexibility index (Phi) is 4.72. The summed E-state index contributed by atoms with van der Waals surface area (Å²) in [7, 11) is 0. The summed E-state index contributed by atoms with van der Waals surface area (Å²) in [5.41, 5.74) is 1.14. The highest BCUT2D eigenvalue weighted by Crippen LogP contribution is 2.39. The third-order valence-corrected chi connectivity index (χ3v) is 5.85. The molecular weight excluding hydrogens is 346 g/mol. The molecule has 0 aromatic heterocycles. The van der Waals surface area contributed by atoms with Crippen LogP contribution in [0.5, 0.6) is 0 Å². The van der Waals surface area contributed by atoms with Crippen molar-refractivity contribution in [3.63, 3.8) is 0 Å². The summed E-state index contributed by atoms with van der Waals surface area (Å²) in [5, 5.41) is 3.32. The van der Waals surface area contributed by atoms with Crippen LogP contribution in [-0.2, 0) is 4.79 Å². The highest BCUT2D eigenvalue weighted by molar-refractivity contribution is 5.87. The van der Waals surface area contributed by atoms with Crippen LogP contribution in [0.3, 0.4) is 0 Å². The van der Waals surface area contributed by atoms with Gasteiger partial charge < -0.3 is 10.2 Å². The van der Waals surface area contributed by atoms with Gasteiger partial charge in [-0.3, -0.25) is 4.79 Å². The van der Waals surface area contributed by atoms with Crippen molar-refractivity contribution in [2.24, 2.45) is 5.92 Å². The molecule has 1 aromatic rings. The molecular formula is C22H24F2N2O. The lowest BCUT2D eigenvalue weighted by Crippen LogP contribution is -2.53. The molecule has 0 bridgehead atoms. The third-order valence-electron chi connectivity index (χ3n) is 5.85. The predicted octanol–water partition coefficient (Wildman–Crippen LogP) is 4.02. The smallest absolute Gasteiger partial charge is 0.243 e. The van der Waals surface area contributed by atoms with Crippen molar-refractivity contribution in [2.45, 2.75) is 37.5 Å². The number of halogens is 2. The van der Waals surface area contributed by atoms with Gasteiger partial charge in [0.15, 0.2) is 0 Å². The highest BCUT2D eigenvalue weighted by atomic mass is 19.1. The van der Waals surface area contributed by atoms with Crippen LogP contribution in [0.25, 0.3) is 0 Å². The summed E-state index contributed by atoms with van der Waals surface area (Å²) in [6.45, 7) is 3.07. The van der Waals surface area contributed by atoms with Crippen molar-refractivity contribution in [3.05, 3.63) is 71.6 Å². The van der Waals surface area contributed by atoms with Crippen molar-refractivity contribution >= 4 is 5.91 Å². The van der Waals surface area contributed by atoms with Crippen LogP contribution in [0.4, 0.5) is 8.78 Å². The number of hydrogen-bond acceptors (Lipinski definition) is 2. The first-order chi connectivity index (χ1) is 13.0. The molecule has 0 radical (unpaired) electrons. The molecule has 4 unspecified atom stereocenters. The molecule has 1 fully saturated rings. The van der Waals surface area contributed by atoms with Crippen molar-refractivity contribution in [3.8, 4) is 0 Å². The number of carbonyl (C=O) groups is 1. The topological polar surface area (TPSA) is 32.3 Å². The first kappa shape index (κ1) is 18.1. The van der Waals surface area contributed by atoms with Crippen LogP contribution in [0.15, 0.2) is 66.0 Å². The number of alkyl halides is 1. The van der Waals surface area contributed by atoms with Crippen molar-refractivity contribution in [1.29, 1.82) is 0 Å². The van der Waals surface area contributed by atoms with Gasteiger partial charge in [-0.15, -0.1) is 0 Å². The largest absolute Gasteiger partial charge is 0.327 e. The van der Waals surface area contributed by atoms with E-state index in [4.69, 9.17) is 0 Å². The molecule has 142 valence electrons. The van der Waals surface area contributed by atoms with E-state index in [0.717, 1.165) is 36.6 Å². The molecule has 1 saturated heterocycles. The van der Waals surface area contributed by atoms with E-state index in [2.05, 4.69) is 5.32 Å². The molecule has 3 aliphatic rings. The quantitative estimate of drug-likeness (QED) is 0.815. The van der Waals surface area contributed by atoms with Crippen LogP contribution in [0.2, 0.25) is 0 Å². The van der Waals surface area contributed by atoms with E-state index in [-0.39, 0.29) is 11.9 Å². The van der Waals surface area contributed by atoms with E-state index in [1.807, 2.05) is 43.3 Å². The molecule has 1 aliphatic carbocycles. The summed E-state index contributed by atoms with van der Waals surface area (Å²) in [6, 6.07) is 9.47. The number of amides is 1. The summed E-state index contributed by atoms with van der Waals surface area (Å²) < 4.78 is 28.2. The summed E-state index contributed by atoms with van der Waals surface area (Å²) in [4.78, 5) is 15.2. The van der Waals surface area contributed by atoms with Crippen molar-refractivity contribution < 1.29 is 13.6 Å². The van der Waals surface area contributed by atoms with Gasteiger partial charge in [0, 0.05) is 12.5 Å². The summed E-state index contributed by atoms with van der Waals surface area (Å²) >= 11 is 0. The normalized spacial score (nSPS) is 33.1. The standard InChI is InChI=1S/C22H24F2N2O/c1-22(10-5-11-25-22)21(27)26-14-16(18-13-17(23)8-9-19(18)24)12-20(26)15-6-3-2-4-7-15/h2-4,6-9,12-13,18-20,25H,5,10-11,14H2,1H3. The van der Waals surface area contributed by atoms with E-state index in [9.17, 15) is 13.6 Å². The maximum Gasteiger partial charge on any atom is 0.243 e. The molecule has 2 aliphatic heterocycles. The second kappa shape index (κ2) is 7.04. The SMILES string of the molecule is CC1(C(=O)N2CC(C3C=C(F)C=CC3F)=CC2c2ccccc2)CCCN1. The van der Waals surface area contributed by atoms with Gasteiger partial charge in [-0.05, 0) is 55.7 Å². The fraction of sp³-hybridized carbons (Fsp3) is 0.409. The Hall–Kier alpha value is -2.27. The average Bonchev–Trinajstić information content (AvgIpc) is 3.31. The Morgan fingerprint density at radius 3 is 2.74 bits per heavy atom. The number of benzene rings is 1. The fourth-order valence-electron chi connectivity index (χ4n) is 4.31. The average molecular weight is 370 g/mol. The first-order valence-electron chi connectivity index (χ1n) is 9.49. The molecule has 27 heavy (non-hydrogen) atoms. The lowest BCUT2D eigenvalue weighted by Gasteiger charge is -2.34. The second-order valence-corrected chi connectivity index (χ2v) is 7.77. The molecule has 1 N–H and O–H groups in total. The minimum absolute atomic E-state index is 0.0197. The van der Waals surface area contributed by atoms with Gasteiger partial charge in [-0.1, -0.05) is 36.4 Å². The summed E-state index contributed by atoms with van der Waals surface area (Å²) in [5.74, 6) is -1.07. The Morgan fingerprint density at radius 2 is 2.04 bits per heavy atom. The number of rotatable bonds is 3. The van der Waals surface area contributed by atoms with Gasteiger partial charge >= 0.3 is 0 Å². The molecule has 1 amide bonds. The van der Waals surface area contributed by atoms with Gasteiger partial charge in [-0.2, -0.15) is 0 Å². The lowest BCUT2D eigenvalue weighted by molar-refractivity contribution is -0.137. The minimum atomic E-state index is -1.28. The van der Waals surface area contributed by atoms with Gasteiger partial charge in [0.25, 0.3) is 0 Å². The monoisotopic (exact) mass is 370 g/mol. The van der Waals surface area contributed by atoms with Crippen molar-refractivity contribution in [1.82, 2.24) is 10.2 Å². The Labute approximate surface area is 158 Å². The van der Waals surface area contributed by atoms with Crippen LogP contribution in [0.1, 0.15) is 31.4 Å². The zero-order valence-electron chi connectivity index (χ0n) is 15.4. The van der Waals surface area contributed by atoms with E-state index < -0.39 is 23.5 Å². The van der Waals surface area contributed by atoms with Crippen LogP contribution in [0, 0.1) is 5.92 Å². The molecule has 1 aromatic carbocycles. The third kappa shape index (κ3) is 3.36. The first-order valence-corrected chi connectivity index (χ1v) is 9.49. The van der Waals surface area contributed by atoms with Crippen molar-refractivity contribution in [2.75, 3.05) is 13.1 Å². The van der Waals surface area contributed by atoms with Gasteiger partial charge in [0.05, 0.1) is 11.6 Å². The number of allylic oxidation sites excluding steroid dienone is 4. The zero-order chi connectivity index (χ0) is 19.0. The Morgan fingerprint density at radius 1 is 1.26 bits per heavy atom. The zero-order valence-corrected chi connectivity index (χ0v) is 15.4. The maximum absolute atomic E-state index is 14.5. The van der Waals surface area contributed by atoms with Gasteiger partial charge in [-0.25, -0.2) is 8.78 Å². The molecule has 3 nitrogen and oxygen atoms in total. The predicted molar refractivity (Wildman–Crippen MR) is 101 cm³/mol. The van der Waals surface area contributed by atoms with E-state index in [1.54, 1.807) is 4.90 Å². The molecule has 2 heterocycles. The summed E-state index contributed by atoms with van der Waals surface area (Å²) in [6.07, 6.45) is 6.14. The molecule has 0 spiro atoms. The molecule has 4 atom stereocenters. The van der Waals surface area contributed by atoms with E-state index >= 15 is 0 Å². The highest BCUT2D eigenvalue weighted by Gasteiger charge is 2.44. The van der Waals surface area contributed by atoms with E-state index in [0.29, 0.717) is 6.54 Å². The van der Waals surface area contributed by atoms with Crippen LogP contribution < -0.4 is 5.32 Å². The molecule has 5 heteroatoms. The fourth-order valence-corrected chi connectivity index (χ4v) is 4.31. The van der Waals surface area contributed by atoms with E-state index in [1.165, 1.54) is 12.2 Å². The number of nitrogens with one attached hydrogen (secondary N) is 1. The Bertz CT molecular complexity index is 809. The second-order valence-electron chi connectivity index (χ2n) is 7.77. The number of hydrogen-bond donors (Lipinski definition) is 1. The van der Waals surface area contributed by atoms with Crippen LogP contribution >= 0.6 is 0 Å². The molecule has 4 rings (SSSR count).